The van der Waals surface area contributed by atoms with Crippen molar-refractivity contribution >= 4 is 33.1 Å². The van der Waals surface area contributed by atoms with Crippen LogP contribution < -0.4 is 10.2 Å². The van der Waals surface area contributed by atoms with Gasteiger partial charge in [0.05, 0.1) is 11.9 Å². The Morgan fingerprint density at radius 3 is 1.32 bits per heavy atom. The number of hydrogen-bond acceptors (Lipinski definition) is 4. The molecule has 146 valence electrons. The van der Waals surface area contributed by atoms with E-state index in [4.69, 9.17) is 0 Å². The van der Waals surface area contributed by atoms with Crippen LogP contribution in [0.1, 0.15) is 80.1 Å². The van der Waals surface area contributed by atoms with Gasteiger partial charge >= 0.3 is 69.5 Å². The van der Waals surface area contributed by atoms with Gasteiger partial charge in [0.25, 0.3) is 0 Å². The molecule has 0 aliphatic rings. The molecule has 0 aliphatic heterocycles. The molecule has 0 aromatic carbocycles. The van der Waals surface area contributed by atoms with E-state index in [-0.39, 0.29) is 21.1 Å². The number of hydrogen-bond donors (Lipinski definition) is 0. The molecule has 25 heavy (non-hydrogen) atoms. The molecule has 0 rings (SSSR count). The predicted octanol–water partition coefficient (Wildman–Crippen LogP) is 3.25. The molecule has 0 radical (unpaired) electrons. The zero-order valence-electron chi connectivity index (χ0n) is 17.1. The third-order valence-corrected chi connectivity index (χ3v) is 8.07. The number of unbranched alkanes of at least 4 members (excludes halogenated alkanes) is 2. The quantitative estimate of drug-likeness (QED) is 0.269. The smallest absolute Gasteiger partial charge is 0.0643 e. The molecule has 0 aromatic rings. The topological polar surface area (TPSA) is 80.3 Å². The molecule has 0 spiro atoms. The van der Waals surface area contributed by atoms with Gasteiger partial charge in [-0.1, -0.05) is 40.5 Å². The SMILES string of the molecule is CCC(C)C(C)CC.CCC[CH2][Sn+2][CH2]CCC.O=C([O-])/C=C\C(=O)[O-]. The Morgan fingerprint density at radius 1 is 0.800 bits per heavy atom. The standard InChI is InChI=1S/C8H18.C4H4O4.2C4H9.Sn/c1-5-7(3)8(4)6-2;5-3(6)1-2-4(7)8;2*1-3-4-2;/h7-8H,5-6H2,1-4H3;1-2H,(H,5,6)(H,7,8);2*1,3-4H2,2H3;/q;;;;+2/p-2/b;2-1-;;;. The number of rotatable bonds is 11. The summed E-state index contributed by atoms with van der Waals surface area (Å²) in [5.74, 6) is -1.26. The third kappa shape index (κ3) is 31.7. The van der Waals surface area contributed by atoms with Crippen molar-refractivity contribution in [3.63, 3.8) is 0 Å². The van der Waals surface area contributed by atoms with Crippen LogP contribution in [0.4, 0.5) is 0 Å². The fourth-order valence-corrected chi connectivity index (χ4v) is 5.83. The normalized spacial score (nSPS) is 12.1. The van der Waals surface area contributed by atoms with Gasteiger partial charge in [-0.3, -0.25) is 0 Å². The van der Waals surface area contributed by atoms with E-state index in [2.05, 4.69) is 41.5 Å². The minimum absolute atomic E-state index is 0.149. The Hall–Kier alpha value is -0.521. The fraction of sp³-hybridized carbons (Fsp3) is 0.800. The zero-order chi connectivity index (χ0) is 20.1. The average molecular weight is 461 g/mol. The molecule has 0 heterocycles. The summed E-state index contributed by atoms with van der Waals surface area (Å²) in [4.78, 5) is 18.8. The van der Waals surface area contributed by atoms with Crippen molar-refractivity contribution in [2.45, 2.75) is 88.9 Å². The van der Waals surface area contributed by atoms with E-state index >= 15 is 0 Å². The van der Waals surface area contributed by atoms with Crippen molar-refractivity contribution in [3.05, 3.63) is 12.2 Å². The van der Waals surface area contributed by atoms with Crippen LogP contribution in [0, 0.1) is 11.8 Å². The average Bonchev–Trinajstić information content (AvgIpc) is 2.59. The van der Waals surface area contributed by atoms with Gasteiger partial charge in [0.2, 0.25) is 0 Å². The van der Waals surface area contributed by atoms with Gasteiger partial charge in [-0.05, 0) is 24.0 Å². The molecular weight excluding hydrogens is 423 g/mol. The second kappa shape index (κ2) is 23.5. The van der Waals surface area contributed by atoms with Crippen molar-refractivity contribution in [2.24, 2.45) is 11.8 Å². The Kier molecular flexibility index (Phi) is 27.5. The summed E-state index contributed by atoms with van der Waals surface area (Å²) in [6.07, 6.45) is 9.26. The first-order chi connectivity index (χ1) is 11.8. The maximum atomic E-state index is 9.41. The van der Waals surface area contributed by atoms with Crippen LogP contribution in [0.15, 0.2) is 12.2 Å². The molecule has 0 bridgehead atoms. The van der Waals surface area contributed by atoms with E-state index in [0.29, 0.717) is 12.2 Å². The Labute approximate surface area is 165 Å². The first kappa shape index (κ1) is 29.2. The summed E-state index contributed by atoms with van der Waals surface area (Å²) in [5.41, 5.74) is 0. The van der Waals surface area contributed by atoms with Gasteiger partial charge in [-0.25, -0.2) is 0 Å². The molecule has 2 atom stereocenters. The molecule has 4 nitrogen and oxygen atoms in total. The van der Waals surface area contributed by atoms with Crippen molar-refractivity contribution in [1.82, 2.24) is 0 Å². The molecule has 5 heteroatoms. The van der Waals surface area contributed by atoms with Crippen LogP contribution in [0.25, 0.3) is 0 Å². The number of carboxylic acid groups (broad SMARTS) is 2. The van der Waals surface area contributed by atoms with Crippen LogP contribution in [-0.2, 0) is 9.59 Å². The van der Waals surface area contributed by atoms with Crippen LogP contribution in [0.5, 0.6) is 0 Å². The summed E-state index contributed by atoms with van der Waals surface area (Å²) in [5, 5.41) is 18.8. The van der Waals surface area contributed by atoms with Gasteiger partial charge in [0, 0.05) is 0 Å². The molecule has 0 saturated carbocycles. The van der Waals surface area contributed by atoms with Gasteiger partial charge < -0.3 is 19.8 Å². The van der Waals surface area contributed by atoms with E-state index in [1.807, 2.05) is 0 Å². The maximum absolute atomic E-state index is 9.41. The third-order valence-electron chi connectivity index (χ3n) is 4.03. The first-order valence-electron chi connectivity index (χ1n) is 9.57. The van der Waals surface area contributed by atoms with E-state index in [1.54, 1.807) is 8.87 Å². The van der Waals surface area contributed by atoms with E-state index in [0.717, 1.165) is 11.8 Å². The monoisotopic (exact) mass is 462 g/mol. The Bertz CT molecular complexity index is 300. The van der Waals surface area contributed by atoms with E-state index in [1.165, 1.54) is 38.5 Å². The van der Waals surface area contributed by atoms with Crippen molar-refractivity contribution < 1.29 is 19.8 Å². The van der Waals surface area contributed by atoms with E-state index in [9.17, 15) is 19.8 Å². The van der Waals surface area contributed by atoms with Crippen molar-refractivity contribution in [3.8, 4) is 0 Å². The Balaban J connectivity index is -0.000000291. The minimum Gasteiger partial charge on any atom is -0.545 e. The van der Waals surface area contributed by atoms with Crippen LogP contribution >= 0.6 is 0 Å². The van der Waals surface area contributed by atoms with Crippen molar-refractivity contribution in [2.75, 3.05) is 0 Å². The van der Waals surface area contributed by atoms with E-state index < -0.39 is 11.9 Å². The first-order valence-corrected chi connectivity index (χ1v) is 13.6. The molecule has 2 unspecified atom stereocenters. The maximum Gasteiger partial charge on any atom is 0.0643 e. The predicted molar refractivity (Wildman–Crippen MR) is 103 cm³/mol. The van der Waals surface area contributed by atoms with Crippen LogP contribution in [0.2, 0.25) is 8.87 Å². The summed E-state index contributed by atoms with van der Waals surface area (Å²) in [6, 6.07) is 0. The second-order valence-electron chi connectivity index (χ2n) is 6.20. The summed E-state index contributed by atoms with van der Waals surface area (Å²) in [7, 11) is 0. The zero-order valence-corrected chi connectivity index (χ0v) is 20.0. The molecule has 0 saturated heterocycles. The molecular formula is C20H38O4Sn. The number of carboxylic acids is 2. The van der Waals surface area contributed by atoms with Crippen molar-refractivity contribution in [1.29, 1.82) is 0 Å². The van der Waals surface area contributed by atoms with Crippen LogP contribution in [-0.4, -0.2) is 33.1 Å². The second-order valence-corrected chi connectivity index (χ2v) is 10.5. The molecule has 0 fully saturated rings. The summed E-state index contributed by atoms with van der Waals surface area (Å²) >= 11 is 0.149. The molecule has 0 aromatic heterocycles. The number of carbonyl (C=O) groups is 2. The number of carbonyl (C=O) groups excluding carboxylic acids is 2. The van der Waals surface area contributed by atoms with Gasteiger partial charge in [0.1, 0.15) is 0 Å². The van der Waals surface area contributed by atoms with Gasteiger partial charge in [-0.2, -0.15) is 0 Å². The van der Waals surface area contributed by atoms with Gasteiger partial charge in [0.15, 0.2) is 0 Å². The Morgan fingerprint density at radius 2 is 1.12 bits per heavy atom. The molecule has 0 amide bonds. The van der Waals surface area contributed by atoms with Gasteiger partial charge in [-0.15, -0.1) is 0 Å². The largest absolute Gasteiger partial charge is 0.545 e. The molecule has 0 N–H and O–H groups in total. The molecule has 0 aliphatic carbocycles. The summed E-state index contributed by atoms with van der Waals surface area (Å²) < 4.78 is 3.25. The number of aliphatic carboxylic acids is 2. The summed E-state index contributed by atoms with van der Waals surface area (Å²) in [6.45, 7) is 13.8. The fourth-order valence-electron chi connectivity index (χ4n) is 1.67. The van der Waals surface area contributed by atoms with Crippen LogP contribution in [0.3, 0.4) is 0 Å². The minimum atomic E-state index is -1.55.